The van der Waals surface area contributed by atoms with Crippen molar-refractivity contribution in [2.24, 2.45) is 0 Å². The van der Waals surface area contributed by atoms with Crippen molar-refractivity contribution in [1.82, 2.24) is 5.32 Å². The largest absolute Gasteiger partial charge is 0.487 e. The summed E-state index contributed by atoms with van der Waals surface area (Å²) in [6, 6.07) is 23.0. The van der Waals surface area contributed by atoms with Crippen LogP contribution in [0.25, 0.3) is 0 Å². The van der Waals surface area contributed by atoms with Gasteiger partial charge in [-0.2, -0.15) is 0 Å². The second-order valence-corrected chi connectivity index (χ2v) is 20.5. The number of benzene rings is 3. The predicted molar refractivity (Wildman–Crippen MR) is 185 cm³/mol. The number of nitrogens with one attached hydrogen (secondary N) is 2. The summed E-state index contributed by atoms with van der Waals surface area (Å²) in [6.07, 6.45) is 1.43. The van der Waals surface area contributed by atoms with E-state index in [9.17, 15) is 18.3 Å². The van der Waals surface area contributed by atoms with Crippen LogP contribution in [-0.2, 0) is 32.3 Å². The van der Waals surface area contributed by atoms with Gasteiger partial charge in [-0.3, -0.25) is 9.52 Å². The number of carbonyl (C=O) groups is 1. The molecule has 0 aliphatic heterocycles. The van der Waals surface area contributed by atoms with Crippen molar-refractivity contribution in [3.8, 4) is 5.75 Å². The number of carboxylic acid groups (broad SMARTS) is 1. The minimum absolute atomic E-state index is 0.0470. The predicted octanol–water partition coefficient (Wildman–Crippen LogP) is 7.50. The third-order valence-electron chi connectivity index (χ3n) is 8.38. The highest BCUT2D eigenvalue weighted by Crippen LogP contribution is 2.41. The summed E-state index contributed by atoms with van der Waals surface area (Å²) in [7, 11) is -5.84. The van der Waals surface area contributed by atoms with Gasteiger partial charge in [0.05, 0.1) is 24.0 Å². The zero-order valence-electron chi connectivity index (χ0n) is 28.1. The van der Waals surface area contributed by atoms with Gasteiger partial charge in [-0.05, 0) is 79.7 Å². The number of hydrogen-bond donors (Lipinski definition) is 3. The molecule has 8 nitrogen and oxygen atoms in total. The average Bonchev–Trinajstić information content (AvgIpc) is 2.93. The highest BCUT2D eigenvalue weighted by molar-refractivity contribution is 7.92. The van der Waals surface area contributed by atoms with Crippen molar-refractivity contribution in [2.45, 2.75) is 90.3 Å². The molecule has 0 aliphatic carbocycles. The molecule has 0 radical (unpaired) electrons. The van der Waals surface area contributed by atoms with E-state index >= 15 is 0 Å². The summed E-state index contributed by atoms with van der Waals surface area (Å²) in [5.41, 5.74) is 3.62. The molecule has 1 unspecified atom stereocenters. The normalized spacial score (nSPS) is 14.1. The molecule has 3 aromatic carbocycles. The lowest BCUT2D eigenvalue weighted by Gasteiger charge is -2.40. The SMILES string of the molecule is CC(C(=O)O)c1cccc(CC(C)(C)NC[C@@H](O[Si](C)(C)C(C)(C)C)c2ccc(OCc3ccccc3)c(NS(C)(=O)=O)c2)c1. The van der Waals surface area contributed by atoms with Gasteiger partial charge < -0.3 is 19.6 Å². The molecule has 0 fully saturated rings. The van der Waals surface area contributed by atoms with Crippen molar-refractivity contribution in [3.05, 3.63) is 95.1 Å². The van der Waals surface area contributed by atoms with Gasteiger partial charge in [0, 0.05) is 12.1 Å². The van der Waals surface area contributed by atoms with Crippen LogP contribution < -0.4 is 14.8 Å². The fourth-order valence-electron chi connectivity index (χ4n) is 4.71. The van der Waals surface area contributed by atoms with Crippen LogP contribution in [0.15, 0.2) is 72.8 Å². The molecule has 45 heavy (non-hydrogen) atoms. The van der Waals surface area contributed by atoms with Crippen molar-refractivity contribution >= 4 is 30.0 Å². The molecule has 246 valence electrons. The first-order chi connectivity index (χ1) is 20.8. The number of hydrogen-bond acceptors (Lipinski definition) is 6. The Balaban J connectivity index is 1.91. The van der Waals surface area contributed by atoms with E-state index in [1.165, 1.54) is 0 Å². The Morgan fingerprint density at radius 1 is 0.911 bits per heavy atom. The summed E-state index contributed by atoms with van der Waals surface area (Å²) in [6.45, 7) is 17.7. The first kappa shape index (κ1) is 36.3. The van der Waals surface area contributed by atoms with Gasteiger partial charge in [0.2, 0.25) is 10.0 Å². The molecule has 3 aromatic rings. The lowest BCUT2D eigenvalue weighted by atomic mass is 9.91. The summed E-state index contributed by atoms with van der Waals surface area (Å²) >= 11 is 0. The summed E-state index contributed by atoms with van der Waals surface area (Å²) in [5, 5.41) is 13.1. The van der Waals surface area contributed by atoms with Crippen LogP contribution in [0.5, 0.6) is 5.75 Å². The zero-order valence-corrected chi connectivity index (χ0v) is 29.9. The second kappa shape index (κ2) is 14.5. The molecular formula is C35H50N2O6SSi. The van der Waals surface area contributed by atoms with Crippen molar-refractivity contribution in [3.63, 3.8) is 0 Å². The highest BCUT2D eigenvalue weighted by Gasteiger charge is 2.40. The Hall–Kier alpha value is -3.18. The van der Waals surface area contributed by atoms with E-state index in [4.69, 9.17) is 9.16 Å². The number of sulfonamides is 1. The Kier molecular flexibility index (Phi) is 11.7. The molecule has 10 heteroatoms. The third-order valence-corrected chi connectivity index (χ3v) is 13.5. The number of anilines is 1. The summed E-state index contributed by atoms with van der Waals surface area (Å²) in [5.74, 6) is -1.00. The molecule has 3 N–H and O–H groups in total. The number of aliphatic carboxylic acids is 1. The van der Waals surface area contributed by atoms with Gasteiger partial charge in [-0.25, -0.2) is 8.42 Å². The number of ether oxygens (including phenoxy) is 1. The van der Waals surface area contributed by atoms with Gasteiger partial charge >= 0.3 is 5.97 Å². The first-order valence-corrected chi connectivity index (χ1v) is 20.1. The Morgan fingerprint density at radius 2 is 1.56 bits per heavy atom. The molecule has 0 amide bonds. The van der Waals surface area contributed by atoms with E-state index in [-0.39, 0.29) is 16.7 Å². The van der Waals surface area contributed by atoms with Crippen LogP contribution in [0.1, 0.15) is 75.8 Å². The Labute approximate surface area is 270 Å². The molecule has 0 saturated carbocycles. The molecule has 0 spiro atoms. The second-order valence-electron chi connectivity index (χ2n) is 14.0. The first-order valence-electron chi connectivity index (χ1n) is 15.3. The lowest BCUT2D eigenvalue weighted by Crippen LogP contribution is -2.47. The number of carboxylic acids is 1. The smallest absolute Gasteiger partial charge is 0.310 e. The van der Waals surface area contributed by atoms with E-state index in [0.29, 0.717) is 31.0 Å². The van der Waals surface area contributed by atoms with Crippen LogP contribution >= 0.6 is 0 Å². The quantitative estimate of drug-likeness (QED) is 0.145. The van der Waals surface area contributed by atoms with Crippen LogP contribution in [0.4, 0.5) is 5.69 Å². The molecule has 0 aliphatic rings. The van der Waals surface area contributed by atoms with Gasteiger partial charge in [-0.15, -0.1) is 0 Å². The van der Waals surface area contributed by atoms with Gasteiger partial charge in [0.25, 0.3) is 0 Å². The maximum atomic E-state index is 12.4. The summed E-state index contributed by atoms with van der Waals surface area (Å²) < 4.78 is 40.4. The van der Waals surface area contributed by atoms with Crippen LogP contribution in [0.3, 0.4) is 0 Å². The van der Waals surface area contributed by atoms with Gasteiger partial charge in [0.1, 0.15) is 12.4 Å². The Morgan fingerprint density at radius 3 is 2.16 bits per heavy atom. The fraction of sp³-hybridized carbons (Fsp3) is 0.457. The van der Waals surface area contributed by atoms with E-state index in [0.717, 1.165) is 28.5 Å². The van der Waals surface area contributed by atoms with Crippen LogP contribution in [-0.4, -0.2) is 46.2 Å². The zero-order chi connectivity index (χ0) is 33.6. The van der Waals surface area contributed by atoms with Gasteiger partial charge in [-0.1, -0.05) is 81.4 Å². The van der Waals surface area contributed by atoms with E-state index < -0.39 is 30.2 Å². The fourth-order valence-corrected chi connectivity index (χ4v) is 6.55. The topological polar surface area (TPSA) is 114 Å². The minimum atomic E-state index is -3.58. The molecular weight excluding hydrogens is 605 g/mol. The van der Waals surface area contributed by atoms with Crippen LogP contribution in [0.2, 0.25) is 18.1 Å². The van der Waals surface area contributed by atoms with Crippen molar-refractivity contribution in [2.75, 3.05) is 17.5 Å². The molecule has 2 atom stereocenters. The molecule has 3 rings (SSSR count). The van der Waals surface area contributed by atoms with E-state index in [1.807, 2.05) is 66.7 Å². The van der Waals surface area contributed by atoms with E-state index in [1.54, 1.807) is 13.0 Å². The monoisotopic (exact) mass is 654 g/mol. The summed E-state index contributed by atoms with van der Waals surface area (Å²) in [4.78, 5) is 11.5. The minimum Gasteiger partial charge on any atom is -0.487 e. The maximum absolute atomic E-state index is 12.4. The molecule has 0 heterocycles. The standard InChI is InChI=1S/C35H50N2O6SSi/c1-25(33(38)39)28-17-13-16-27(20-28)22-35(5,6)36-23-32(43-45(8,9)34(2,3)4)29-18-19-31(30(21-29)37-44(7,40)41)42-24-26-14-11-10-12-15-26/h10-21,25,32,36-37H,22-24H2,1-9H3,(H,38,39)/t25?,32-/m1/s1. The highest BCUT2D eigenvalue weighted by atomic mass is 32.2. The molecule has 0 bridgehead atoms. The lowest BCUT2D eigenvalue weighted by molar-refractivity contribution is -0.138. The van der Waals surface area contributed by atoms with Crippen molar-refractivity contribution < 1.29 is 27.5 Å². The van der Waals surface area contributed by atoms with E-state index in [2.05, 4.69) is 57.8 Å². The van der Waals surface area contributed by atoms with Gasteiger partial charge in [0.15, 0.2) is 8.32 Å². The van der Waals surface area contributed by atoms with Crippen molar-refractivity contribution in [1.29, 1.82) is 0 Å². The molecule has 0 saturated heterocycles. The average molecular weight is 655 g/mol. The Bertz CT molecular complexity index is 1550. The maximum Gasteiger partial charge on any atom is 0.310 e. The third kappa shape index (κ3) is 11.0. The van der Waals surface area contributed by atoms with Crippen LogP contribution in [0, 0.1) is 0 Å². The number of rotatable bonds is 15. The molecule has 0 aromatic heterocycles.